The summed E-state index contributed by atoms with van der Waals surface area (Å²) >= 11 is 0. The van der Waals surface area contributed by atoms with Gasteiger partial charge in [-0.05, 0) is 71.8 Å². The van der Waals surface area contributed by atoms with E-state index in [9.17, 15) is 9.59 Å². The lowest BCUT2D eigenvalue weighted by molar-refractivity contribution is 0.0599. The van der Waals surface area contributed by atoms with Crippen LogP contribution in [0.3, 0.4) is 0 Å². The number of methoxy groups -OCH3 is 3. The maximum absolute atomic E-state index is 11.6. The summed E-state index contributed by atoms with van der Waals surface area (Å²) in [7, 11) is 4.59. The minimum absolute atomic E-state index is 0. The number of nitrogens with zero attached hydrogens (tertiary/aromatic N) is 4. The zero-order valence-corrected chi connectivity index (χ0v) is 24.9. The number of aromatic nitrogens is 4. The van der Waals surface area contributed by atoms with Crippen molar-refractivity contribution in [2.75, 3.05) is 21.3 Å². The van der Waals surface area contributed by atoms with Crippen molar-refractivity contribution in [2.24, 2.45) is 0 Å². The van der Waals surface area contributed by atoms with Gasteiger partial charge in [-0.3, -0.25) is 19.9 Å². The van der Waals surface area contributed by atoms with Crippen LogP contribution >= 0.6 is 0 Å². The molecule has 2 aromatic carbocycles. The molecular weight excluding hydrogens is 584 g/mol. The lowest BCUT2D eigenvalue weighted by Crippen LogP contribution is -2.03. The molecule has 0 radical (unpaired) electrons. The fourth-order valence-electron chi connectivity index (χ4n) is 4.71. The molecule has 0 aliphatic carbocycles. The predicted molar refractivity (Wildman–Crippen MR) is 176 cm³/mol. The van der Waals surface area contributed by atoms with E-state index in [1.807, 2.05) is 42.5 Å². The second-order valence-electron chi connectivity index (χ2n) is 10.0. The highest BCUT2D eigenvalue weighted by atomic mass is 16.5. The molecule has 6 rings (SSSR count). The molecule has 0 bridgehead atoms. The van der Waals surface area contributed by atoms with E-state index in [0.29, 0.717) is 24.2 Å². The van der Waals surface area contributed by atoms with Crippen LogP contribution in [0.25, 0.3) is 21.8 Å². The van der Waals surface area contributed by atoms with Crippen LogP contribution in [-0.4, -0.2) is 58.3 Å². The van der Waals surface area contributed by atoms with Gasteiger partial charge in [-0.2, -0.15) is 0 Å². The zero-order valence-electron chi connectivity index (χ0n) is 24.9. The molecule has 10 heteroatoms. The molecule has 6 aromatic rings. The molecule has 0 saturated heterocycles. The van der Waals surface area contributed by atoms with Crippen molar-refractivity contribution in [3.8, 4) is 11.5 Å². The normalized spacial score (nSPS) is 10.3. The second kappa shape index (κ2) is 15.2. The summed E-state index contributed by atoms with van der Waals surface area (Å²) in [5.74, 6) is 0.119. The van der Waals surface area contributed by atoms with E-state index >= 15 is 0 Å². The maximum atomic E-state index is 11.6. The average Bonchev–Trinajstić information content (AvgIpc) is 3.07. The van der Waals surface area contributed by atoms with E-state index in [1.54, 1.807) is 51.0 Å². The van der Waals surface area contributed by atoms with Crippen molar-refractivity contribution in [1.29, 1.82) is 0 Å². The number of rotatable bonds is 8. The first kappa shape index (κ1) is 33.0. The molecule has 10 nitrogen and oxygen atoms in total. The molecule has 0 saturated carbocycles. The summed E-state index contributed by atoms with van der Waals surface area (Å²) in [4.78, 5) is 39.8. The average molecular weight is 619 g/mol. The molecule has 1 N–H and O–H groups in total. The quantitative estimate of drug-likeness (QED) is 0.186. The number of hydrogen-bond donors (Lipinski definition) is 1. The first-order chi connectivity index (χ1) is 21.8. The van der Waals surface area contributed by atoms with Crippen molar-refractivity contribution in [3.05, 3.63) is 131 Å². The van der Waals surface area contributed by atoms with Crippen molar-refractivity contribution in [1.82, 2.24) is 19.9 Å². The standard InChI is InChI=1S/C18H16N2O3.C17H14N2O3.CH4/c1-22-16-10-14-7-12(3-4-17(14)20-11-16)8-15-9-13(5-6-19-15)18(21)23-2;1-22-15-9-13-6-11(2-3-16(13)19-10-15)7-14-8-12(17(20)21)4-5-18-14;/h3-7,9-11H,8H2,1-2H3;2-6,8-10H,7H2,1H3,(H,20,21);1H4. The fourth-order valence-corrected chi connectivity index (χ4v) is 4.71. The van der Waals surface area contributed by atoms with Crippen LogP contribution in [-0.2, 0) is 17.6 Å². The van der Waals surface area contributed by atoms with Crippen molar-refractivity contribution < 1.29 is 28.9 Å². The molecule has 0 fully saturated rings. The Morgan fingerprint density at radius 2 is 1.11 bits per heavy atom. The smallest absolute Gasteiger partial charge is 0.337 e. The van der Waals surface area contributed by atoms with Gasteiger partial charge in [0.25, 0.3) is 0 Å². The Bertz CT molecular complexity index is 2000. The van der Waals surface area contributed by atoms with Crippen molar-refractivity contribution >= 4 is 33.7 Å². The van der Waals surface area contributed by atoms with Gasteiger partial charge in [-0.1, -0.05) is 19.6 Å². The number of aromatic carboxylic acids is 1. The van der Waals surface area contributed by atoms with Crippen LogP contribution in [0.5, 0.6) is 11.5 Å². The number of carboxylic acid groups (broad SMARTS) is 1. The van der Waals surface area contributed by atoms with E-state index in [2.05, 4.69) is 26.0 Å². The Morgan fingerprint density at radius 3 is 1.57 bits per heavy atom. The Balaban J connectivity index is 0.000000205. The van der Waals surface area contributed by atoms with E-state index in [1.165, 1.54) is 19.4 Å². The van der Waals surface area contributed by atoms with Gasteiger partial charge in [-0.15, -0.1) is 0 Å². The summed E-state index contributed by atoms with van der Waals surface area (Å²) in [5, 5.41) is 11.0. The van der Waals surface area contributed by atoms with Gasteiger partial charge in [0.1, 0.15) is 11.5 Å². The van der Waals surface area contributed by atoms with Gasteiger partial charge < -0.3 is 19.3 Å². The fraction of sp³-hybridized carbons (Fsp3) is 0.167. The monoisotopic (exact) mass is 618 g/mol. The topological polar surface area (TPSA) is 134 Å². The summed E-state index contributed by atoms with van der Waals surface area (Å²) < 4.78 is 15.1. The molecular formula is C36H34N4O6. The highest BCUT2D eigenvalue weighted by molar-refractivity contribution is 5.89. The van der Waals surface area contributed by atoms with E-state index < -0.39 is 5.97 Å². The molecule has 234 valence electrons. The summed E-state index contributed by atoms with van der Waals surface area (Å²) in [6, 6.07) is 22.3. The maximum Gasteiger partial charge on any atom is 0.337 e. The second-order valence-corrected chi connectivity index (χ2v) is 10.0. The van der Waals surface area contributed by atoms with Gasteiger partial charge >= 0.3 is 11.9 Å². The molecule has 0 atom stereocenters. The predicted octanol–water partition coefficient (Wildman–Crippen LogP) is 6.58. The number of benzene rings is 2. The number of fused-ring (bicyclic) bond motifs is 2. The lowest BCUT2D eigenvalue weighted by Gasteiger charge is -2.06. The number of esters is 1. The van der Waals surface area contributed by atoms with Crippen LogP contribution in [0.1, 0.15) is 50.7 Å². The summed E-state index contributed by atoms with van der Waals surface area (Å²) in [6.45, 7) is 0. The number of hydrogen-bond acceptors (Lipinski definition) is 9. The minimum atomic E-state index is -0.948. The number of carboxylic acids is 1. The third-order valence-electron chi connectivity index (χ3n) is 6.98. The Morgan fingerprint density at radius 1 is 0.630 bits per heavy atom. The third kappa shape index (κ3) is 8.17. The van der Waals surface area contributed by atoms with Crippen LogP contribution < -0.4 is 9.47 Å². The van der Waals surface area contributed by atoms with E-state index in [0.717, 1.165) is 50.1 Å². The highest BCUT2D eigenvalue weighted by Crippen LogP contribution is 2.22. The first-order valence-electron chi connectivity index (χ1n) is 13.9. The number of pyridine rings is 4. The molecule has 0 aliphatic rings. The van der Waals surface area contributed by atoms with Gasteiger partial charge in [0.2, 0.25) is 0 Å². The Kier molecular flexibility index (Phi) is 10.9. The SMILES string of the molecule is C.COC(=O)c1ccnc(Cc2ccc3ncc(OC)cc3c2)c1.COc1cnc2ccc(Cc3cc(C(=O)O)ccn3)cc2c1. The Labute approximate surface area is 266 Å². The van der Waals surface area contributed by atoms with E-state index in [-0.39, 0.29) is 19.0 Å². The van der Waals surface area contributed by atoms with Crippen LogP contribution in [0, 0.1) is 0 Å². The third-order valence-corrected chi connectivity index (χ3v) is 6.98. The molecule has 0 unspecified atom stereocenters. The highest BCUT2D eigenvalue weighted by Gasteiger charge is 2.09. The lowest BCUT2D eigenvalue weighted by atomic mass is 10.1. The van der Waals surface area contributed by atoms with Gasteiger partial charge in [0.15, 0.2) is 0 Å². The molecule has 46 heavy (non-hydrogen) atoms. The first-order valence-corrected chi connectivity index (χ1v) is 13.9. The summed E-state index contributed by atoms with van der Waals surface area (Å²) in [5.41, 5.74) is 6.19. The van der Waals surface area contributed by atoms with Crippen LogP contribution in [0.15, 0.2) is 97.6 Å². The van der Waals surface area contributed by atoms with Crippen molar-refractivity contribution in [3.63, 3.8) is 0 Å². The van der Waals surface area contributed by atoms with Gasteiger partial charge in [0, 0.05) is 47.4 Å². The molecule has 4 aromatic heterocycles. The van der Waals surface area contributed by atoms with Gasteiger partial charge in [-0.25, -0.2) is 9.59 Å². The minimum Gasteiger partial charge on any atom is -0.495 e. The largest absolute Gasteiger partial charge is 0.495 e. The Hall–Kier alpha value is -5.90. The summed E-state index contributed by atoms with van der Waals surface area (Å²) in [6.07, 6.45) is 7.70. The van der Waals surface area contributed by atoms with Gasteiger partial charge in [0.05, 0.1) is 55.9 Å². The number of ether oxygens (including phenoxy) is 3. The van der Waals surface area contributed by atoms with Crippen LogP contribution in [0.4, 0.5) is 0 Å². The molecule has 0 aliphatic heterocycles. The van der Waals surface area contributed by atoms with Crippen LogP contribution in [0.2, 0.25) is 0 Å². The number of carbonyl (C=O) groups is 2. The number of carbonyl (C=O) groups excluding carboxylic acids is 1. The zero-order chi connectivity index (χ0) is 31.8. The molecule has 4 heterocycles. The molecule has 0 amide bonds. The van der Waals surface area contributed by atoms with Crippen molar-refractivity contribution in [2.45, 2.75) is 20.3 Å². The van der Waals surface area contributed by atoms with E-state index in [4.69, 9.17) is 19.3 Å². The molecule has 0 spiro atoms.